The van der Waals surface area contributed by atoms with E-state index >= 15 is 0 Å². The fraction of sp³-hybridized carbons (Fsp3) is 0.619. The van der Waals surface area contributed by atoms with Crippen LogP contribution in [0.2, 0.25) is 0 Å². The fourth-order valence-corrected chi connectivity index (χ4v) is 3.30. The summed E-state index contributed by atoms with van der Waals surface area (Å²) in [5, 5.41) is 6.39. The molecular weight excluding hydrogens is 328 g/mol. The molecule has 1 amide bonds. The smallest absolute Gasteiger partial charge is 0.308 e. The molecule has 0 spiro atoms. The van der Waals surface area contributed by atoms with Gasteiger partial charge in [-0.05, 0) is 64.6 Å². The van der Waals surface area contributed by atoms with Crippen LogP contribution in [0, 0.1) is 12.8 Å². The highest BCUT2D eigenvalue weighted by Crippen LogP contribution is 2.21. The van der Waals surface area contributed by atoms with Crippen LogP contribution in [-0.4, -0.2) is 31.1 Å². The molecule has 1 aliphatic rings. The lowest BCUT2D eigenvalue weighted by Gasteiger charge is -2.23. The van der Waals surface area contributed by atoms with Crippen LogP contribution in [0.4, 0.5) is 0 Å². The minimum absolute atomic E-state index is 0.00598. The minimum atomic E-state index is -0.345. The van der Waals surface area contributed by atoms with E-state index in [-0.39, 0.29) is 30.4 Å². The maximum atomic E-state index is 12.5. The van der Waals surface area contributed by atoms with Crippen molar-refractivity contribution >= 4 is 11.9 Å². The Hall–Kier alpha value is -1.88. The monoisotopic (exact) mass is 360 g/mol. The Kier molecular flexibility index (Phi) is 8.10. The zero-order valence-corrected chi connectivity index (χ0v) is 16.2. The first-order valence-corrected chi connectivity index (χ1v) is 9.70. The van der Waals surface area contributed by atoms with Crippen molar-refractivity contribution in [3.8, 4) is 0 Å². The van der Waals surface area contributed by atoms with Crippen molar-refractivity contribution in [1.29, 1.82) is 0 Å². The number of hydrogen-bond donors (Lipinski definition) is 2. The first-order chi connectivity index (χ1) is 12.4. The molecule has 0 saturated carbocycles. The average Bonchev–Trinajstić information content (AvgIpc) is 2.60. The number of nitrogens with one attached hydrogen (secondary N) is 2. The largest absolute Gasteiger partial charge is 0.463 e. The van der Waals surface area contributed by atoms with Gasteiger partial charge in [-0.2, -0.15) is 0 Å². The number of carbonyl (C=O) groups is 2. The van der Waals surface area contributed by atoms with Gasteiger partial charge in [-0.3, -0.25) is 9.59 Å². The molecule has 0 aliphatic carbocycles. The van der Waals surface area contributed by atoms with Crippen molar-refractivity contribution in [2.75, 3.05) is 13.1 Å². The molecule has 1 saturated heterocycles. The SMILES string of the molecule is Cc1ccc(C(CC(=O)OC(C)C)NC(=O)CCC2CCNCC2)cc1. The number of hydrogen-bond acceptors (Lipinski definition) is 4. The normalized spacial score (nSPS) is 16.3. The summed E-state index contributed by atoms with van der Waals surface area (Å²) in [5.74, 6) is 0.335. The highest BCUT2D eigenvalue weighted by Gasteiger charge is 2.21. The lowest BCUT2D eigenvalue weighted by Crippen LogP contribution is -2.32. The third kappa shape index (κ3) is 7.16. The van der Waals surface area contributed by atoms with Gasteiger partial charge in [0.1, 0.15) is 0 Å². The Labute approximate surface area is 156 Å². The van der Waals surface area contributed by atoms with E-state index in [1.807, 2.05) is 45.0 Å². The molecule has 2 N–H and O–H groups in total. The van der Waals surface area contributed by atoms with Crippen molar-refractivity contribution in [2.24, 2.45) is 5.92 Å². The summed E-state index contributed by atoms with van der Waals surface area (Å²) in [5.41, 5.74) is 2.08. The Morgan fingerprint density at radius 2 is 1.85 bits per heavy atom. The second kappa shape index (κ2) is 10.3. The van der Waals surface area contributed by atoms with Crippen LogP contribution in [-0.2, 0) is 14.3 Å². The summed E-state index contributed by atoms with van der Waals surface area (Å²) in [6, 6.07) is 7.59. The molecule has 144 valence electrons. The summed E-state index contributed by atoms with van der Waals surface area (Å²) in [7, 11) is 0. The van der Waals surface area contributed by atoms with Gasteiger partial charge in [0.2, 0.25) is 5.91 Å². The maximum absolute atomic E-state index is 12.5. The molecule has 0 bridgehead atoms. The van der Waals surface area contributed by atoms with Crippen molar-refractivity contribution in [3.63, 3.8) is 0 Å². The number of piperidine rings is 1. The van der Waals surface area contributed by atoms with E-state index in [0.29, 0.717) is 12.3 Å². The number of amides is 1. The van der Waals surface area contributed by atoms with E-state index in [1.165, 1.54) is 0 Å². The predicted octanol–water partition coefficient (Wildman–Crippen LogP) is 3.27. The summed E-state index contributed by atoms with van der Waals surface area (Å²) < 4.78 is 5.27. The number of carbonyl (C=O) groups excluding carboxylic acids is 2. The van der Waals surface area contributed by atoms with Crippen LogP contribution in [0.15, 0.2) is 24.3 Å². The topological polar surface area (TPSA) is 67.4 Å². The summed E-state index contributed by atoms with van der Waals surface area (Å²) >= 11 is 0. The van der Waals surface area contributed by atoms with Gasteiger partial charge < -0.3 is 15.4 Å². The van der Waals surface area contributed by atoms with Crippen LogP contribution in [0.25, 0.3) is 0 Å². The Morgan fingerprint density at radius 1 is 1.19 bits per heavy atom. The Bertz CT molecular complexity index is 577. The molecule has 1 atom stereocenters. The quantitative estimate of drug-likeness (QED) is 0.698. The molecule has 0 radical (unpaired) electrons. The molecule has 1 aromatic rings. The predicted molar refractivity (Wildman–Crippen MR) is 103 cm³/mol. The maximum Gasteiger partial charge on any atom is 0.308 e. The molecule has 1 heterocycles. The number of ether oxygens (including phenoxy) is 1. The molecule has 5 nitrogen and oxygen atoms in total. The second-order valence-electron chi connectivity index (χ2n) is 7.51. The van der Waals surface area contributed by atoms with Crippen molar-refractivity contribution in [1.82, 2.24) is 10.6 Å². The lowest BCUT2D eigenvalue weighted by atomic mass is 9.93. The number of benzene rings is 1. The van der Waals surface area contributed by atoms with Crippen LogP contribution in [0.1, 0.15) is 63.1 Å². The molecule has 0 aromatic heterocycles. The third-order valence-corrected chi connectivity index (χ3v) is 4.79. The molecule has 1 aromatic carbocycles. The van der Waals surface area contributed by atoms with Gasteiger partial charge in [0.05, 0.1) is 18.6 Å². The van der Waals surface area contributed by atoms with Crippen LogP contribution in [0.5, 0.6) is 0 Å². The second-order valence-corrected chi connectivity index (χ2v) is 7.51. The van der Waals surface area contributed by atoms with Gasteiger partial charge in [-0.1, -0.05) is 29.8 Å². The summed E-state index contributed by atoms with van der Waals surface area (Å²) in [4.78, 5) is 24.6. The van der Waals surface area contributed by atoms with E-state index < -0.39 is 0 Å². The van der Waals surface area contributed by atoms with E-state index in [4.69, 9.17) is 4.74 Å². The zero-order valence-electron chi connectivity index (χ0n) is 16.2. The Morgan fingerprint density at radius 3 is 2.46 bits per heavy atom. The van der Waals surface area contributed by atoms with E-state index in [0.717, 1.165) is 43.5 Å². The lowest BCUT2D eigenvalue weighted by molar-refractivity contribution is -0.148. The standard InChI is InChI=1S/C21H32N2O3/c1-15(2)26-21(25)14-19(18-7-4-16(3)5-8-18)23-20(24)9-6-17-10-12-22-13-11-17/h4-5,7-8,15,17,19,22H,6,9-14H2,1-3H3,(H,23,24). The number of rotatable bonds is 8. The first kappa shape index (κ1) is 20.4. The van der Waals surface area contributed by atoms with Crippen LogP contribution >= 0.6 is 0 Å². The van der Waals surface area contributed by atoms with E-state index in [9.17, 15) is 9.59 Å². The molecule has 2 rings (SSSR count). The zero-order chi connectivity index (χ0) is 18.9. The number of esters is 1. The highest BCUT2D eigenvalue weighted by atomic mass is 16.5. The van der Waals surface area contributed by atoms with Gasteiger partial charge in [0.15, 0.2) is 0 Å². The highest BCUT2D eigenvalue weighted by molar-refractivity contribution is 5.78. The van der Waals surface area contributed by atoms with Gasteiger partial charge >= 0.3 is 5.97 Å². The first-order valence-electron chi connectivity index (χ1n) is 9.70. The van der Waals surface area contributed by atoms with Crippen LogP contribution in [0.3, 0.4) is 0 Å². The van der Waals surface area contributed by atoms with Crippen LogP contribution < -0.4 is 10.6 Å². The van der Waals surface area contributed by atoms with Crippen molar-refractivity contribution in [3.05, 3.63) is 35.4 Å². The molecule has 1 aliphatic heterocycles. The minimum Gasteiger partial charge on any atom is -0.463 e. The summed E-state index contributed by atoms with van der Waals surface area (Å²) in [6.45, 7) is 7.76. The van der Waals surface area contributed by atoms with Gasteiger partial charge in [-0.15, -0.1) is 0 Å². The van der Waals surface area contributed by atoms with E-state index in [2.05, 4.69) is 10.6 Å². The Balaban J connectivity index is 1.94. The van der Waals surface area contributed by atoms with Crippen molar-refractivity contribution in [2.45, 2.75) is 65.0 Å². The van der Waals surface area contributed by atoms with Gasteiger partial charge in [-0.25, -0.2) is 0 Å². The fourth-order valence-electron chi connectivity index (χ4n) is 3.30. The third-order valence-electron chi connectivity index (χ3n) is 4.79. The molecule has 26 heavy (non-hydrogen) atoms. The van der Waals surface area contributed by atoms with Gasteiger partial charge in [0, 0.05) is 6.42 Å². The molecule has 1 fully saturated rings. The summed E-state index contributed by atoms with van der Waals surface area (Å²) in [6.07, 6.45) is 3.68. The molecule has 5 heteroatoms. The molecule has 1 unspecified atom stereocenters. The number of aryl methyl sites for hydroxylation is 1. The van der Waals surface area contributed by atoms with Crippen molar-refractivity contribution < 1.29 is 14.3 Å². The van der Waals surface area contributed by atoms with E-state index in [1.54, 1.807) is 0 Å². The average molecular weight is 360 g/mol. The van der Waals surface area contributed by atoms with Gasteiger partial charge in [0.25, 0.3) is 0 Å². The molecular formula is C21H32N2O3.